The average molecular weight is 311 g/mol. The molecule has 0 saturated carbocycles. The van der Waals surface area contributed by atoms with Crippen LogP contribution in [-0.4, -0.2) is 31.6 Å². The summed E-state index contributed by atoms with van der Waals surface area (Å²) in [5.41, 5.74) is 0. The van der Waals surface area contributed by atoms with Gasteiger partial charge in [0.2, 0.25) is 0 Å². The van der Waals surface area contributed by atoms with Crippen LogP contribution in [0.1, 0.15) is 26.8 Å². The van der Waals surface area contributed by atoms with Crippen molar-refractivity contribution in [3.63, 3.8) is 0 Å². The zero-order valence-electron chi connectivity index (χ0n) is 11.6. The van der Waals surface area contributed by atoms with Crippen LogP contribution in [0.25, 0.3) is 10.7 Å². The van der Waals surface area contributed by atoms with Crippen LogP contribution >= 0.6 is 23.1 Å². The molecule has 2 heterocycles. The number of thioether (sulfide) groups is 1. The van der Waals surface area contributed by atoms with Crippen LogP contribution in [0.4, 0.5) is 0 Å². The number of rotatable bonds is 6. The molecule has 2 aromatic heterocycles. The van der Waals surface area contributed by atoms with E-state index in [1.807, 2.05) is 17.5 Å². The lowest BCUT2D eigenvalue weighted by Gasteiger charge is -2.14. The van der Waals surface area contributed by atoms with Crippen LogP contribution in [0.3, 0.4) is 0 Å². The molecule has 0 bridgehead atoms. The summed E-state index contributed by atoms with van der Waals surface area (Å²) in [6.07, 6.45) is 0. The molecule has 0 aliphatic carbocycles. The maximum Gasteiger partial charge on any atom is 0.326 e. The molecule has 2 aromatic rings. The Morgan fingerprint density at radius 2 is 2.20 bits per heavy atom. The van der Waals surface area contributed by atoms with Gasteiger partial charge in [0, 0.05) is 5.75 Å². The Morgan fingerprint density at radius 3 is 2.75 bits per heavy atom. The van der Waals surface area contributed by atoms with E-state index < -0.39 is 12.0 Å². The Morgan fingerprint density at radius 1 is 1.45 bits per heavy atom. The molecule has 0 aliphatic heterocycles. The predicted octanol–water partition coefficient (Wildman–Crippen LogP) is 3.40. The lowest BCUT2D eigenvalue weighted by molar-refractivity contribution is -0.140. The lowest BCUT2D eigenvalue weighted by Crippen LogP contribution is -2.17. The zero-order valence-corrected chi connectivity index (χ0v) is 13.2. The van der Waals surface area contributed by atoms with E-state index >= 15 is 0 Å². The third-order valence-electron chi connectivity index (χ3n) is 2.70. The van der Waals surface area contributed by atoms with E-state index in [9.17, 15) is 9.90 Å². The Bertz CT molecular complexity index is 578. The maximum atomic E-state index is 11.3. The number of hydrogen-bond acceptors (Lipinski definition) is 5. The fourth-order valence-corrected chi connectivity index (χ4v) is 3.32. The van der Waals surface area contributed by atoms with E-state index in [0.717, 1.165) is 10.6 Å². The fraction of sp³-hybridized carbons (Fsp3) is 0.462. The number of nitrogens with zero attached hydrogens (tertiary/aromatic N) is 3. The number of aliphatic carboxylic acids is 1. The highest BCUT2D eigenvalue weighted by Gasteiger charge is 2.24. The average Bonchev–Trinajstić information content (AvgIpc) is 3.03. The number of carboxylic acids is 1. The van der Waals surface area contributed by atoms with Crippen molar-refractivity contribution >= 4 is 29.1 Å². The van der Waals surface area contributed by atoms with Crippen LogP contribution in [0.2, 0.25) is 0 Å². The first kappa shape index (κ1) is 15.1. The molecule has 0 saturated heterocycles. The molecule has 0 amide bonds. The molecule has 0 radical (unpaired) electrons. The monoisotopic (exact) mass is 311 g/mol. The van der Waals surface area contributed by atoms with Gasteiger partial charge < -0.3 is 5.11 Å². The van der Waals surface area contributed by atoms with Gasteiger partial charge in [0.25, 0.3) is 0 Å². The lowest BCUT2D eigenvalue weighted by atomic mass is 10.3. The van der Waals surface area contributed by atoms with Crippen molar-refractivity contribution in [3.05, 3.63) is 17.5 Å². The second kappa shape index (κ2) is 6.41. The van der Waals surface area contributed by atoms with Crippen molar-refractivity contribution in [3.8, 4) is 10.7 Å². The van der Waals surface area contributed by atoms with Gasteiger partial charge >= 0.3 is 5.97 Å². The summed E-state index contributed by atoms with van der Waals surface area (Å²) < 4.78 is 1.71. The molecular formula is C13H17N3O2S2. The van der Waals surface area contributed by atoms with Crippen LogP contribution < -0.4 is 0 Å². The molecule has 7 heteroatoms. The van der Waals surface area contributed by atoms with Crippen molar-refractivity contribution < 1.29 is 9.90 Å². The van der Waals surface area contributed by atoms with Gasteiger partial charge in [-0.15, -0.1) is 21.5 Å². The first-order valence-corrected chi connectivity index (χ1v) is 8.21. The van der Waals surface area contributed by atoms with Gasteiger partial charge in [-0.1, -0.05) is 31.7 Å². The van der Waals surface area contributed by atoms with Crippen molar-refractivity contribution in [1.29, 1.82) is 0 Å². The Kier molecular flexibility index (Phi) is 4.82. The maximum absolute atomic E-state index is 11.3. The van der Waals surface area contributed by atoms with Crippen LogP contribution in [0.15, 0.2) is 22.7 Å². The van der Waals surface area contributed by atoms with E-state index in [1.165, 1.54) is 11.3 Å². The minimum atomic E-state index is -0.881. The summed E-state index contributed by atoms with van der Waals surface area (Å²) in [4.78, 5) is 12.3. The molecule has 5 nitrogen and oxygen atoms in total. The molecule has 0 fully saturated rings. The summed E-state index contributed by atoms with van der Waals surface area (Å²) in [6, 6.07) is 3.17. The van der Waals surface area contributed by atoms with E-state index in [-0.39, 0.29) is 0 Å². The first-order valence-electron chi connectivity index (χ1n) is 6.35. The topological polar surface area (TPSA) is 68.0 Å². The second-order valence-corrected chi connectivity index (χ2v) is 6.81. The molecule has 0 spiro atoms. The third-order valence-corrected chi connectivity index (χ3v) is 4.93. The quantitative estimate of drug-likeness (QED) is 0.828. The predicted molar refractivity (Wildman–Crippen MR) is 81.2 cm³/mol. The second-order valence-electron chi connectivity index (χ2n) is 4.87. The molecule has 20 heavy (non-hydrogen) atoms. The van der Waals surface area contributed by atoms with Crippen molar-refractivity contribution in [2.24, 2.45) is 5.92 Å². The first-order chi connectivity index (χ1) is 9.50. The molecule has 108 valence electrons. The van der Waals surface area contributed by atoms with Gasteiger partial charge in [0.05, 0.1) is 4.88 Å². The zero-order chi connectivity index (χ0) is 14.7. The van der Waals surface area contributed by atoms with Gasteiger partial charge in [-0.2, -0.15) is 0 Å². The van der Waals surface area contributed by atoms with Gasteiger partial charge in [0.1, 0.15) is 6.04 Å². The standard InChI is InChI=1S/C13H17N3O2S2/c1-8(2)7-20-13-15-14-11(10-5-4-6-19-10)16(13)9(3)12(17)18/h4-6,8-9H,7H2,1-3H3,(H,17,18). The van der Waals surface area contributed by atoms with E-state index in [1.54, 1.807) is 23.3 Å². The largest absolute Gasteiger partial charge is 0.480 e. The molecule has 1 atom stereocenters. The van der Waals surface area contributed by atoms with Gasteiger partial charge in [0.15, 0.2) is 11.0 Å². The number of hydrogen-bond donors (Lipinski definition) is 1. The summed E-state index contributed by atoms with van der Waals surface area (Å²) in [6.45, 7) is 5.89. The van der Waals surface area contributed by atoms with Crippen LogP contribution in [0, 0.1) is 5.92 Å². The molecule has 0 aliphatic rings. The molecule has 2 rings (SSSR count). The normalized spacial score (nSPS) is 12.8. The minimum absolute atomic E-state index is 0.510. The summed E-state index contributed by atoms with van der Waals surface area (Å²) in [5, 5.41) is 20.3. The number of thiophene rings is 1. The van der Waals surface area contributed by atoms with Gasteiger partial charge in [-0.3, -0.25) is 4.57 Å². The highest BCUT2D eigenvalue weighted by Crippen LogP contribution is 2.31. The van der Waals surface area contributed by atoms with Gasteiger partial charge in [-0.05, 0) is 24.3 Å². The molecule has 1 N–H and O–H groups in total. The van der Waals surface area contributed by atoms with E-state index in [2.05, 4.69) is 24.0 Å². The highest BCUT2D eigenvalue weighted by molar-refractivity contribution is 7.99. The Balaban J connectivity index is 2.40. The van der Waals surface area contributed by atoms with E-state index in [0.29, 0.717) is 16.9 Å². The molecule has 0 aromatic carbocycles. The summed E-state index contributed by atoms with van der Waals surface area (Å²) in [7, 11) is 0. The third kappa shape index (κ3) is 3.21. The summed E-state index contributed by atoms with van der Waals surface area (Å²) >= 11 is 3.08. The van der Waals surface area contributed by atoms with Crippen molar-refractivity contribution in [2.45, 2.75) is 32.0 Å². The van der Waals surface area contributed by atoms with Crippen molar-refractivity contribution in [1.82, 2.24) is 14.8 Å². The number of carboxylic acid groups (broad SMARTS) is 1. The van der Waals surface area contributed by atoms with E-state index in [4.69, 9.17) is 0 Å². The highest BCUT2D eigenvalue weighted by atomic mass is 32.2. The number of aromatic nitrogens is 3. The Labute approximate surface area is 126 Å². The Hall–Kier alpha value is -1.34. The van der Waals surface area contributed by atoms with Crippen LogP contribution in [0.5, 0.6) is 0 Å². The SMILES string of the molecule is CC(C)CSc1nnc(-c2cccs2)n1C(C)C(=O)O. The fourth-order valence-electron chi connectivity index (χ4n) is 1.65. The summed E-state index contributed by atoms with van der Waals surface area (Å²) in [5.74, 6) is 1.14. The van der Waals surface area contributed by atoms with Gasteiger partial charge in [-0.25, -0.2) is 4.79 Å². The minimum Gasteiger partial charge on any atom is -0.480 e. The smallest absolute Gasteiger partial charge is 0.326 e. The van der Waals surface area contributed by atoms with Crippen molar-refractivity contribution in [2.75, 3.05) is 5.75 Å². The molecule has 1 unspecified atom stereocenters. The number of carbonyl (C=O) groups is 1. The molecular weight excluding hydrogens is 294 g/mol. The van der Waals surface area contributed by atoms with Crippen LogP contribution in [-0.2, 0) is 4.79 Å².